The van der Waals surface area contributed by atoms with E-state index in [1.54, 1.807) is 6.92 Å². The van der Waals surface area contributed by atoms with Crippen LogP contribution in [0.4, 0.5) is 4.79 Å². The summed E-state index contributed by atoms with van der Waals surface area (Å²) in [6, 6.07) is -0.211. The molecule has 0 aromatic carbocycles. The van der Waals surface area contributed by atoms with E-state index in [0.717, 1.165) is 6.42 Å². The summed E-state index contributed by atoms with van der Waals surface area (Å²) in [4.78, 5) is 12.8. The van der Waals surface area contributed by atoms with E-state index in [1.807, 2.05) is 0 Å². The van der Waals surface area contributed by atoms with Crippen molar-refractivity contribution in [2.45, 2.75) is 18.9 Å². The zero-order chi connectivity index (χ0) is 9.90. The topological polar surface area (TPSA) is 72.8 Å². The summed E-state index contributed by atoms with van der Waals surface area (Å²) in [7, 11) is 0. The second-order valence-electron chi connectivity index (χ2n) is 3.55. The van der Waals surface area contributed by atoms with Crippen LogP contribution in [0, 0.1) is 0 Å². The molecule has 3 N–H and O–H groups in total. The fourth-order valence-electron chi connectivity index (χ4n) is 1.37. The third-order valence-corrected chi connectivity index (χ3v) is 2.41. The number of carbonyl (C=O) groups is 1. The molecular formula is C8H16N2O3. The monoisotopic (exact) mass is 188 g/mol. The molecule has 1 rings (SSSR count). The fourth-order valence-corrected chi connectivity index (χ4v) is 1.37. The second-order valence-corrected chi connectivity index (χ2v) is 3.55. The Hall–Kier alpha value is -0.810. The first kappa shape index (κ1) is 10.3. The number of hydrogen-bond donors (Lipinski definition) is 3. The van der Waals surface area contributed by atoms with Crippen molar-refractivity contribution in [3.05, 3.63) is 0 Å². The van der Waals surface area contributed by atoms with Crippen LogP contribution in [-0.2, 0) is 0 Å². The van der Waals surface area contributed by atoms with Crippen molar-refractivity contribution in [3.63, 3.8) is 0 Å². The number of nitrogens with zero attached hydrogens (tertiary/aromatic N) is 1. The van der Waals surface area contributed by atoms with E-state index in [0.29, 0.717) is 13.1 Å². The van der Waals surface area contributed by atoms with Crippen molar-refractivity contribution < 1.29 is 15.0 Å². The third-order valence-electron chi connectivity index (χ3n) is 2.41. The summed E-state index contributed by atoms with van der Waals surface area (Å²) < 4.78 is 0. The number of hydrogen-bond acceptors (Lipinski definition) is 3. The molecule has 2 amide bonds. The zero-order valence-electron chi connectivity index (χ0n) is 7.79. The average molecular weight is 188 g/mol. The van der Waals surface area contributed by atoms with E-state index in [1.165, 1.54) is 4.90 Å². The van der Waals surface area contributed by atoms with Crippen LogP contribution in [0.15, 0.2) is 0 Å². The molecule has 0 saturated carbocycles. The van der Waals surface area contributed by atoms with E-state index in [4.69, 9.17) is 10.2 Å². The van der Waals surface area contributed by atoms with Gasteiger partial charge in [0.1, 0.15) is 0 Å². The Labute approximate surface area is 77.3 Å². The third kappa shape index (κ3) is 1.92. The number of amides is 2. The molecule has 0 unspecified atom stereocenters. The van der Waals surface area contributed by atoms with Crippen molar-refractivity contribution in [1.82, 2.24) is 10.2 Å². The summed E-state index contributed by atoms with van der Waals surface area (Å²) in [5.74, 6) is 0. The van der Waals surface area contributed by atoms with Gasteiger partial charge in [-0.3, -0.25) is 0 Å². The molecule has 1 aliphatic rings. The molecule has 13 heavy (non-hydrogen) atoms. The molecule has 0 aromatic rings. The standard InChI is InChI=1S/C8H16N2O3/c1-8(5-11,6-12)10-4-2-3-9-7(10)13/h11-12H,2-6H2,1H3,(H,9,13). The molecule has 0 bridgehead atoms. The highest BCUT2D eigenvalue weighted by Gasteiger charge is 2.35. The summed E-state index contributed by atoms with van der Waals surface area (Å²) in [5, 5.41) is 20.8. The van der Waals surface area contributed by atoms with E-state index in [2.05, 4.69) is 5.32 Å². The predicted molar refractivity (Wildman–Crippen MR) is 47.3 cm³/mol. The van der Waals surface area contributed by atoms with Gasteiger partial charge in [0.25, 0.3) is 0 Å². The van der Waals surface area contributed by atoms with Gasteiger partial charge in [0, 0.05) is 13.1 Å². The Morgan fingerprint density at radius 1 is 1.54 bits per heavy atom. The van der Waals surface area contributed by atoms with Crippen molar-refractivity contribution in [2.24, 2.45) is 0 Å². The number of carbonyl (C=O) groups excluding carboxylic acids is 1. The van der Waals surface area contributed by atoms with Gasteiger partial charge in [-0.15, -0.1) is 0 Å². The van der Waals surface area contributed by atoms with Crippen molar-refractivity contribution >= 4 is 6.03 Å². The van der Waals surface area contributed by atoms with E-state index in [9.17, 15) is 4.79 Å². The van der Waals surface area contributed by atoms with Gasteiger partial charge in [0.15, 0.2) is 0 Å². The molecule has 0 atom stereocenters. The second kappa shape index (κ2) is 3.93. The molecule has 76 valence electrons. The number of aliphatic hydroxyl groups excluding tert-OH is 2. The number of rotatable bonds is 3. The summed E-state index contributed by atoms with van der Waals surface area (Å²) in [6.07, 6.45) is 0.849. The molecule has 0 aliphatic carbocycles. The maximum Gasteiger partial charge on any atom is 0.318 e. The van der Waals surface area contributed by atoms with Crippen LogP contribution in [0.5, 0.6) is 0 Å². The first-order valence-corrected chi connectivity index (χ1v) is 4.41. The Balaban J connectivity index is 2.71. The van der Waals surface area contributed by atoms with Gasteiger partial charge in [-0.05, 0) is 13.3 Å². The first-order chi connectivity index (χ1) is 6.14. The quantitative estimate of drug-likeness (QED) is 0.540. The van der Waals surface area contributed by atoms with Gasteiger partial charge >= 0.3 is 6.03 Å². The van der Waals surface area contributed by atoms with Crippen LogP contribution >= 0.6 is 0 Å². The molecular weight excluding hydrogens is 172 g/mol. The normalized spacial score (nSPS) is 18.7. The summed E-state index contributed by atoms with van der Waals surface area (Å²) in [6.45, 7) is 2.47. The minimum absolute atomic E-state index is 0.211. The lowest BCUT2D eigenvalue weighted by Gasteiger charge is -2.40. The lowest BCUT2D eigenvalue weighted by atomic mass is 10.0. The lowest BCUT2D eigenvalue weighted by molar-refractivity contribution is 0.0171. The number of urea groups is 1. The van der Waals surface area contributed by atoms with Crippen LogP contribution in [0.1, 0.15) is 13.3 Å². The van der Waals surface area contributed by atoms with Crippen LogP contribution in [0.3, 0.4) is 0 Å². The SMILES string of the molecule is CC(CO)(CO)N1CCCNC1=O. The molecule has 1 heterocycles. The Morgan fingerprint density at radius 2 is 2.15 bits per heavy atom. The largest absolute Gasteiger partial charge is 0.394 e. The van der Waals surface area contributed by atoms with Crippen LogP contribution in [0.25, 0.3) is 0 Å². The Bertz CT molecular complexity index is 192. The minimum atomic E-state index is -0.843. The van der Waals surface area contributed by atoms with Gasteiger partial charge in [0.05, 0.1) is 18.8 Å². The minimum Gasteiger partial charge on any atom is -0.394 e. The average Bonchev–Trinajstić information content (AvgIpc) is 2.17. The lowest BCUT2D eigenvalue weighted by Crippen LogP contribution is -2.60. The van der Waals surface area contributed by atoms with Crippen molar-refractivity contribution in [3.8, 4) is 0 Å². The van der Waals surface area contributed by atoms with Gasteiger partial charge in [0.2, 0.25) is 0 Å². The number of nitrogens with one attached hydrogen (secondary N) is 1. The first-order valence-electron chi connectivity index (χ1n) is 4.41. The Morgan fingerprint density at radius 3 is 2.62 bits per heavy atom. The highest BCUT2D eigenvalue weighted by atomic mass is 16.3. The van der Waals surface area contributed by atoms with Crippen LogP contribution in [-0.4, -0.2) is 53.0 Å². The van der Waals surface area contributed by atoms with Gasteiger partial charge in [-0.1, -0.05) is 0 Å². The maximum absolute atomic E-state index is 11.4. The molecule has 1 fully saturated rings. The molecule has 0 radical (unpaired) electrons. The van der Waals surface area contributed by atoms with E-state index < -0.39 is 5.54 Å². The molecule has 5 heteroatoms. The van der Waals surface area contributed by atoms with E-state index >= 15 is 0 Å². The Kier molecular flexibility index (Phi) is 3.11. The highest BCUT2D eigenvalue weighted by Crippen LogP contribution is 2.16. The van der Waals surface area contributed by atoms with Crippen molar-refractivity contribution in [1.29, 1.82) is 0 Å². The van der Waals surface area contributed by atoms with Crippen molar-refractivity contribution in [2.75, 3.05) is 26.3 Å². The van der Waals surface area contributed by atoms with E-state index in [-0.39, 0.29) is 19.2 Å². The molecule has 1 saturated heterocycles. The van der Waals surface area contributed by atoms with Crippen LogP contribution in [0.2, 0.25) is 0 Å². The molecule has 0 aromatic heterocycles. The zero-order valence-corrected chi connectivity index (χ0v) is 7.79. The van der Waals surface area contributed by atoms with Gasteiger partial charge < -0.3 is 20.4 Å². The van der Waals surface area contributed by atoms with Crippen LogP contribution < -0.4 is 5.32 Å². The van der Waals surface area contributed by atoms with Gasteiger partial charge in [-0.2, -0.15) is 0 Å². The molecule has 1 aliphatic heterocycles. The smallest absolute Gasteiger partial charge is 0.318 e. The predicted octanol–water partition coefficient (Wildman–Crippen LogP) is -0.855. The van der Waals surface area contributed by atoms with Gasteiger partial charge in [-0.25, -0.2) is 4.79 Å². The number of aliphatic hydroxyl groups is 2. The summed E-state index contributed by atoms with van der Waals surface area (Å²) in [5.41, 5.74) is -0.843. The fraction of sp³-hybridized carbons (Fsp3) is 0.875. The summed E-state index contributed by atoms with van der Waals surface area (Å²) >= 11 is 0. The maximum atomic E-state index is 11.4. The highest BCUT2D eigenvalue weighted by molar-refractivity contribution is 5.75. The molecule has 0 spiro atoms. The molecule has 5 nitrogen and oxygen atoms in total.